The minimum atomic E-state index is -3.88. The molecule has 0 bridgehead atoms. The second-order valence-electron chi connectivity index (χ2n) is 5.52. The van der Waals surface area contributed by atoms with Crippen molar-refractivity contribution in [2.24, 2.45) is 0 Å². The minimum Gasteiger partial charge on any atom is -0.320 e. The molecule has 140 valence electrons. The fraction of sp³-hybridized carbons (Fsp3) is 0.250. The number of hydrogen-bond donors (Lipinski definition) is 2. The number of benzene rings is 1. The number of sulfonamides is 1. The summed E-state index contributed by atoms with van der Waals surface area (Å²) in [7, 11) is -3.88. The molecule has 1 aromatic carbocycles. The zero-order valence-corrected chi connectivity index (χ0v) is 16.2. The maximum Gasteiger partial charge on any atom is 0.258 e. The van der Waals surface area contributed by atoms with E-state index < -0.39 is 27.3 Å². The molecule has 2 N–H and O–H groups in total. The lowest BCUT2D eigenvalue weighted by atomic mass is 10.2. The molecular formula is C16H16Cl2FN3O3S. The van der Waals surface area contributed by atoms with Crippen LogP contribution in [0.1, 0.15) is 30.6 Å². The maximum atomic E-state index is 14.0. The van der Waals surface area contributed by atoms with Gasteiger partial charge in [0.05, 0.1) is 27.4 Å². The zero-order valence-electron chi connectivity index (χ0n) is 13.9. The quantitative estimate of drug-likeness (QED) is 0.695. The molecule has 0 spiro atoms. The van der Waals surface area contributed by atoms with E-state index in [-0.39, 0.29) is 26.8 Å². The van der Waals surface area contributed by atoms with Gasteiger partial charge in [-0.05, 0) is 37.6 Å². The van der Waals surface area contributed by atoms with E-state index in [0.29, 0.717) is 6.42 Å². The Morgan fingerprint density at radius 3 is 2.62 bits per heavy atom. The Labute approximate surface area is 160 Å². The first kappa shape index (κ1) is 20.6. The maximum absolute atomic E-state index is 14.0. The highest BCUT2D eigenvalue weighted by Crippen LogP contribution is 2.23. The monoisotopic (exact) mass is 419 g/mol. The van der Waals surface area contributed by atoms with Crippen molar-refractivity contribution in [1.82, 2.24) is 9.71 Å². The van der Waals surface area contributed by atoms with E-state index >= 15 is 0 Å². The number of carbonyl (C=O) groups excluding carboxylic acids is 1. The summed E-state index contributed by atoms with van der Waals surface area (Å²) in [5.41, 5.74) is -0.238. The summed E-state index contributed by atoms with van der Waals surface area (Å²) in [5.74, 6) is -1.71. The normalized spacial score (nSPS) is 12.7. The van der Waals surface area contributed by atoms with Gasteiger partial charge in [0.25, 0.3) is 5.91 Å². The largest absolute Gasteiger partial charge is 0.320 e. The predicted octanol–water partition coefficient (Wildman–Crippen LogP) is 3.86. The predicted molar refractivity (Wildman–Crippen MR) is 98.7 cm³/mol. The molecule has 26 heavy (non-hydrogen) atoms. The van der Waals surface area contributed by atoms with Crippen molar-refractivity contribution in [1.29, 1.82) is 0 Å². The molecule has 0 saturated heterocycles. The number of hydrogen-bond acceptors (Lipinski definition) is 4. The Morgan fingerprint density at radius 2 is 2.00 bits per heavy atom. The number of aromatic nitrogens is 1. The lowest BCUT2D eigenvalue weighted by Crippen LogP contribution is -2.32. The van der Waals surface area contributed by atoms with Crippen LogP contribution in [0.2, 0.25) is 10.2 Å². The lowest BCUT2D eigenvalue weighted by molar-refractivity contribution is 0.102. The molecule has 6 nitrogen and oxygen atoms in total. The van der Waals surface area contributed by atoms with Gasteiger partial charge < -0.3 is 5.32 Å². The van der Waals surface area contributed by atoms with E-state index in [1.807, 2.05) is 6.92 Å². The Morgan fingerprint density at radius 1 is 1.31 bits per heavy atom. The third-order valence-corrected chi connectivity index (χ3v) is 5.79. The molecule has 1 atom stereocenters. The van der Waals surface area contributed by atoms with Gasteiger partial charge in [-0.3, -0.25) is 4.79 Å². The second kappa shape index (κ2) is 8.30. The van der Waals surface area contributed by atoms with Crippen LogP contribution in [0.25, 0.3) is 0 Å². The molecule has 0 saturated carbocycles. The van der Waals surface area contributed by atoms with E-state index in [0.717, 1.165) is 18.2 Å². The number of nitrogens with zero attached hydrogens (tertiary/aromatic N) is 1. The summed E-state index contributed by atoms with van der Waals surface area (Å²) < 4.78 is 41.1. The van der Waals surface area contributed by atoms with Gasteiger partial charge in [-0.1, -0.05) is 30.1 Å². The van der Waals surface area contributed by atoms with Crippen LogP contribution in [0.15, 0.2) is 35.4 Å². The summed E-state index contributed by atoms with van der Waals surface area (Å²) >= 11 is 11.5. The van der Waals surface area contributed by atoms with Crippen LogP contribution in [0.5, 0.6) is 0 Å². The van der Waals surface area contributed by atoms with Gasteiger partial charge in [0.15, 0.2) is 0 Å². The number of halogens is 3. The second-order valence-corrected chi connectivity index (χ2v) is 8.00. The minimum absolute atomic E-state index is 0.0556. The first-order valence-electron chi connectivity index (χ1n) is 7.58. The summed E-state index contributed by atoms with van der Waals surface area (Å²) in [6, 6.07) is 4.03. The molecule has 1 aromatic heterocycles. The third-order valence-electron chi connectivity index (χ3n) is 3.52. The van der Waals surface area contributed by atoms with Crippen molar-refractivity contribution >= 4 is 44.8 Å². The van der Waals surface area contributed by atoms with Crippen LogP contribution >= 0.6 is 23.2 Å². The van der Waals surface area contributed by atoms with Crippen molar-refractivity contribution in [3.63, 3.8) is 0 Å². The molecule has 0 aliphatic carbocycles. The molecule has 10 heteroatoms. The van der Waals surface area contributed by atoms with Crippen LogP contribution in [-0.2, 0) is 10.0 Å². The molecular weight excluding hydrogens is 404 g/mol. The summed E-state index contributed by atoms with van der Waals surface area (Å²) in [6.45, 7) is 3.52. The topological polar surface area (TPSA) is 88.2 Å². The Kier molecular flexibility index (Phi) is 6.57. The highest BCUT2D eigenvalue weighted by atomic mass is 35.5. The van der Waals surface area contributed by atoms with E-state index in [9.17, 15) is 17.6 Å². The van der Waals surface area contributed by atoms with Crippen molar-refractivity contribution in [2.75, 3.05) is 5.32 Å². The fourth-order valence-corrected chi connectivity index (χ4v) is 3.57. The number of nitrogens with one attached hydrogen (secondary N) is 2. The van der Waals surface area contributed by atoms with E-state index in [4.69, 9.17) is 23.2 Å². The fourth-order valence-electron chi connectivity index (χ4n) is 1.95. The van der Waals surface area contributed by atoms with Gasteiger partial charge in [-0.25, -0.2) is 22.5 Å². The molecule has 2 rings (SSSR count). The van der Waals surface area contributed by atoms with Crippen LogP contribution in [0.3, 0.4) is 0 Å². The van der Waals surface area contributed by atoms with E-state index in [1.165, 1.54) is 12.3 Å². The number of rotatable bonds is 6. The molecule has 0 aliphatic heterocycles. The molecule has 2 aromatic rings. The molecule has 1 amide bonds. The molecule has 0 aliphatic rings. The lowest BCUT2D eigenvalue weighted by Gasteiger charge is -2.13. The molecule has 0 radical (unpaired) electrons. The Bertz CT molecular complexity index is 938. The molecule has 0 fully saturated rings. The Hall–Kier alpha value is -1.74. The summed E-state index contributed by atoms with van der Waals surface area (Å²) in [5, 5.41) is 2.56. The van der Waals surface area contributed by atoms with Crippen molar-refractivity contribution in [3.05, 3.63) is 52.0 Å². The van der Waals surface area contributed by atoms with Gasteiger partial charge in [0.2, 0.25) is 10.0 Å². The average Bonchev–Trinajstić information content (AvgIpc) is 2.57. The highest BCUT2D eigenvalue weighted by molar-refractivity contribution is 7.89. The van der Waals surface area contributed by atoms with Gasteiger partial charge >= 0.3 is 0 Å². The SMILES string of the molecule is CC[C@@H](C)NS(=O)(=O)c1ccc(F)c(C(=O)Nc2cnc(Cl)c(Cl)c2)c1. The van der Waals surface area contributed by atoms with Gasteiger partial charge in [-0.2, -0.15) is 0 Å². The summed E-state index contributed by atoms with van der Waals surface area (Å²) in [6.07, 6.45) is 1.83. The first-order valence-corrected chi connectivity index (χ1v) is 9.82. The Balaban J connectivity index is 2.31. The van der Waals surface area contributed by atoms with Crippen molar-refractivity contribution in [3.8, 4) is 0 Å². The molecule has 0 unspecified atom stereocenters. The van der Waals surface area contributed by atoms with E-state index in [1.54, 1.807) is 6.92 Å². The van der Waals surface area contributed by atoms with Crippen molar-refractivity contribution < 1.29 is 17.6 Å². The number of carbonyl (C=O) groups is 1. The van der Waals surface area contributed by atoms with Crippen molar-refractivity contribution in [2.45, 2.75) is 31.2 Å². The standard InChI is InChI=1S/C16H16Cl2FN3O3S/c1-3-9(2)22-26(24,25)11-4-5-14(19)12(7-11)16(23)21-10-6-13(17)15(18)20-8-10/h4-9,22H,3H2,1-2H3,(H,21,23)/t9-/m1/s1. The highest BCUT2D eigenvalue weighted by Gasteiger charge is 2.21. The zero-order chi connectivity index (χ0) is 19.5. The van der Waals surface area contributed by atoms with Gasteiger partial charge in [0.1, 0.15) is 11.0 Å². The summed E-state index contributed by atoms with van der Waals surface area (Å²) in [4.78, 5) is 15.9. The van der Waals surface area contributed by atoms with Crippen LogP contribution in [-0.4, -0.2) is 25.4 Å². The van der Waals surface area contributed by atoms with Crippen LogP contribution in [0.4, 0.5) is 10.1 Å². The van der Waals surface area contributed by atoms with Gasteiger partial charge in [-0.15, -0.1) is 0 Å². The first-order chi connectivity index (χ1) is 12.1. The smallest absolute Gasteiger partial charge is 0.258 e. The van der Waals surface area contributed by atoms with Crippen LogP contribution < -0.4 is 10.0 Å². The molecule has 1 heterocycles. The number of anilines is 1. The van der Waals surface area contributed by atoms with Gasteiger partial charge in [0, 0.05) is 6.04 Å². The van der Waals surface area contributed by atoms with E-state index in [2.05, 4.69) is 15.0 Å². The number of pyridine rings is 1. The van der Waals surface area contributed by atoms with Crippen LogP contribution in [0, 0.1) is 5.82 Å². The average molecular weight is 420 g/mol. The third kappa shape index (κ3) is 4.91. The number of amides is 1.